The standard InChI is InChI=1S/C25H27N7O2/c1-15-8-18(16(2)27-20-7-5-4-6-17(20)23(33)34)21-19(9-15)22-29-26-14-32(22)24(28-21)31-12-25(13-31)10-30(3)11-25/h4-9,14,16,27H,10-13H2,1-3H3,(H,33,34)/t16-/m1/s1. The zero-order valence-electron chi connectivity index (χ0n) is 19.5. The Hall–Kier alpha value is -3.72. The van der Waals surface area contributed by atoms with Gasteiger partial charge in [-0.1, -0.05) is 18.2 Å². The average molecular weight is 458 g/mol. The minimum Gasteiger partial charge on any atom is -0.478 e. The van der Waals surface area contributed by atoms with Crippen molar-refractivity contribution in [2.75, 3.05) is 43.4 Å². The normalized spacial score (nSPS) is 18.1. The minimum absolute atomic E-state index is 0.170. The van der Waals surface area contributed by atoms with Crippen LogP contribution in [0.1, 0.15) is 34.5 Å². The molecule has 2 saturated heterocycles. The molecular weight excluding hydrogens is 430 g/mol. The van der Waals surface area contributed by atoms with Crippen LogP contribution in [0.25, 0.3) is 16.6 Å². The number of nitrogens with one attached hydrogen (secondary N) is 1. The van der Waals surface area contributed by atoms with Crippen LogP contribution in [0.5, 0.6) is 0 Å². The molecule has 34 heavy (non-hydrogen) atoms. The highest BCUT2D eigenvalue weighted by atomic mass is 16.4. The number of fused-ring (bicyclic) bond motifs is 3. The maximum Gasteiger partial charge on any atom is 0.337 e. The zero-order chi connectivity index (χ0) is 23.6. The molecule has 174 valence electrons. The van der Waals surface area contributed by atoms with E-state index in [9.17, 15) is 9.90 Å². The van der Waals surface area contributed by atoms with Gasteiger partial charge < -0.3 is 20.2 Å². The predicted octanol–water partition coefficient (Wildman–Crippen LogP) is 3.21. The van der Waals surface area contributed by atoms with Crippen LogP contribution in [0.3, 0.4) is 0 Å². The fraction of sp³-hybridized carbons (Fsp3) is 0.360. The van der Waals surface area contributed by atoms with E-state index in [1.54, 1.807) is 24.5 Å². The van der Waals surface area contributed by atoms with Gasteiger partial charge in [0, 0.05) is 48.2 Å². The Labute approximate surface area is 197 Å². The molecule has 2 fully saturated rings. The van der Waals surface area contributed by atoms with Gasteiger partial charge in [-0.2, -0.15) is 0 Å². The fourth-order valence-electron chi connectivity index (χ4n) is 5.68. The summed E-state index contributed by atoms with van der Waals surface area (Å²) in [6, 6.07) is 11.0. The number of aromatic nitrogens is 4. The second-order valence-electron chi connectivity index (χ2n) is 9.93. The van der Waals surface area contributed by atoms with Crippen molar-refractivity contribution in [2.45, 2.75) is 19.9 Å². The van der Waals surface area contributed by atoms with E-state index >= 15 is 0 Å². The number of carboxylic acids is 1. The molecule has 6 rings (SSSR count). The van der Waals surface area contributed by atoms with E-state index in [0.717, 1.165) is 59.8 Å². The van der Waals surface area contributed by atoms with Gasteiger partial charge in [0.25, 0.3) is 0 Å². The molecule has 0 bridgehead atoms. The number of aryl methyl sites for hydroxylation is 1. The molecule has 4 aromatic rings. The molecule has 9 nitrogen and oxygen atoms in total. The molecule has 1 atom stereocenters. The van der Waals surface area contributed by atoms with Crippen LogP contribution in [0, 0.1) is 12.3 Å². The first-order valence-electron chi connectivity index (χ1n) is 11.5. The molecule has 2 aromatic carbocycles. The van der Waals surface area contributed by atoms with E-state index in [-0.39, 0.29) is 11.6 Å². The quantitative estimate of drug-likeness (QED) is 0.471. The predicted molar refractivity (Wildman–Crippen MR) is 131 cm³/mol. The molecule has 0 amide bonds. The third-order valence-corrected chi connectivity index (χ3v) is 7.04. The van der Waals surface area contributed by atoms with E-state index in [2.05, 4.69) is 44.5 Å². The van der Waals surface area contributed by atoms with Gasteiger partial charge in [0.2, 0.25) is 5.95 Å². The third-order valence-electron chi connectivity index (χ3n) is 7.04. The highest BCUT2D eigenvalue weighted by molar-refractivity contribution is 5.96. The summed E-state index contributed by atoms with van der Waals surface area (Å²) in [4.78, 5) is 21.5. The van der Waals surface area contributed by atoms with Gasteiger partial charge in [0.15, 0.2) is 5.65 Å². The van der Waals surface area contributed by atoms with Crippen LogP contribution < -0.4 is 10.2 Å². The third kappa shape index (κ3) is 3.19. The summed E-state index contributed by atoms with van der Waals surface area (Å²) in [5.41, 5.74) is 4.94. The molecule has 1 spiro atoms. The molecule has 2 N–H and O–H groups in total. The van der Waals surface area contributed by atoms with Crippen LogP contribution in [0.2, 0.25) is 0 Å². The number of likely N-dealkylation sites (tertiary alicyclic amines) is 1. The van der Waals surface area contributed by atoms with Gasteiger partial charge in [-0.3, -0.25) is 4.40 Å². The van der Waals surface area contributed by atoms with E-state index in [4.69, 9.17) is 4.98 Å². The van der Waals surface area contributed by atoms with Crippen molar-refractivity contribution in [1.29, 1.82) is 0 Å². The summed E-state index contributed by atoms with van der Waals surface area (Å²) in [7, 11) is 2.16. The number of benzene rings is 2. The van der Waals surface area contributed by atoms with E-state index in [1.165, 1.54) is 0 Å². The van der Waals surface area contributed by atoms with Crippen molar-refractivity contribution in [3.05, 3.63) is 59.4 Å². The lowest BCUT2D eigenvalue weighted by Crippen LogP contribution is -2.71. The number of hydrogen-bond acceptors (Lipinski definition) is 7. The van der Waals surface area contributed by atoms with Crippen molar-refractivity contribution >= 4 is 34.2 Å². The van der Waals surface area contributed by atoms with Gasteiger partial charge in [-0.15, -0.1) is 10.2 Å². The van der Waals surface area contributed by atoms with Gasteiger partial charge in [0.05, 0.1) is 17.1 Å². The maximum absolute atomic E-state index is 11.7. The van der Waals surface area contributed by atoms with Crippen LogP contribution in [0.4, 0.5) is 11.6 Å². The zero-order valence-corrected chi connectivity index (χ0v) is 19.5. The maximum atomic E-state index is 11.7. The highest BCUT2D eigenvalue weighted by Crippen LogP contribution is 2.41. The van der Waals surface area contributed by atoms with Crippen molar-refractivity contribution in [2.24, 2.45) is 5.41 Å². The van der Waals surface area contributed by atoms with Crippen molar-refractivity contribution < 1.29 is 9.90 Å². The molecule has 0 radical (unpaired) electrons. The molecule has 0 aliphatic carbocycles. The molecule has 2 aliphatic heterocycles. The average Bonchev–Trinajstić information content (AvgIpc) is 3.25. The largest absolute Gasteiger partial charge is 0.478 e. The first-order chi connectivity index (χ1) is 16.3. The second-order valence-corrected chi connectivity index (χ2v) is 9.93. The molecule has 0 saturated carbocycles. The number of rotatable bonds is 5. The monoisotopic (exact) mass is 457 g/mol. The molecule has 9 heteroatoms. The molecular formula is C25H27N7O2. The Balaban J connectivity index is 1.43. The van der Waals surface area contributed by atoms with Crippen LogP contribution in [0.15, 0.2) is 42.7 Å². The summed E-state index contributed by atoms with van der Waals surface area (Å²) in [5.74, 6) is -0.0979. The van der Waals surface area contributed by atoms with Crippen LogP contribution >= 0.6 is 0 Å². The summed E-state index contributed by atoms with van der Waals surface area (Å²) in [6.45, 7) is 8.28. The van der Waals surface area contributed by atoms with E-state index in [0.29, 0.717) is 11.1 Å². The summed E-state index contributed by atoms with van der Waals surface area (Å²) < 4.78 is 1.98. The summed E-state index contributed by atoms with van der Waals surface area (Å²) in [6.07, 6.45) is 1.74. The number of nitrogens with zero attached hydrogens (tertiary/aromatic N) is 6. The lowest BCUT2D eigenvalue weighted by molar-refractivity contribution is -0.00332. The van der Waals surface area contributed by atoms with Gasteiger partial charge in [0.1, 0.15) is 6.33 Å². The van der Waals surface area contributed by atoms with E-state index in [1.807, 2.05) is 24.3 Å². The van der Waals surface area contributed by atoms with Crippen LogP contribution in [-0.2, 0) is 0 Å². The van der Waals surface area contributed by atoms with E-state index < -0.39 is 5.97 Å². The van der Waals surface area contributed by atoms with Gasteiger partial charge in [-0.05, 0) is 44.7 Å². The number of carboxylic acid groups (broad SMARTS) is 1. The molecule has 2 aromatic heterocycles. The lowest BCUT2D eigenvalue weighted by atomic mass is 9.73. The summed E-state index contributed by atoms with van der Waals surface area (Å²) in [5, 5.41) is 22.6. The first kappa shape index (κ1) is 20.9. The Morgan fingerprint density at radius 1 is 1.18 bits per heavy atom. The Bertz CT molecular complexity index is 1430. The topological polar surface area (TPSA) is 98.9 Å². The van der Waals surface area contributed by atoms with Crippen LogP contribution in [-0.4, -0.2) is 68.8 Å². The van der Waals surface area contributed by atoms with Gasteiger partial charge in [-0.25, -0.2) is 9.78 Å². The molecule has 4 heterocycles. The second kappa shape index (κ2) is 7.39. The van der Waals surface area contributed by atoms with Crippen molar-refractivity contribution in [1.82, 2.24) is 24.5 Å². The number of para-hydroxylation sites is 1. The van der Waals surface area contributed by atoms with Crippen molar-refractivity contribution in [3.8, 4) is 0 Å². The van der Waals surface area contributed by atoms with Gasteiger partial charge >= 0.3 is 5.97 Å². The minimum atomic E-state index is -0.955. The Kier molecular flexibility index (Phi) is 4.54. The Morgan fingerprint density at radius 3 is 2.68 bits per heavy atom. The first-order valence-corrected chi connectivity index (χ1v) is 11.5. The number of carbonyl (C=O) groups is 1. The smallest absolute Gasteiger partial charge is 0.337 e. The SMILES string of the molecule is Cc1cc([C@@H](C)Nc2ccccc2C(=O)O)c2nc(N3CC4(CN(C)C4)C3)n3cnnc3c2c1. The summed E-state index contributed by atoms with van der Waals surface area (Å²) >= 11 is 0. The number of hydrogen-bond donors (Lipinski definition) is 2. The molecule has 0 unspecified atom stereocenters. The Morgan fingerprint density at radius 2 is 1.94 bits per heavy atom. The molecule has 2 aliphatic rings. The lowest BCUT2D eigenvalue weighted by Gasteiger charge is -2.59. The number of aromatic carboxylic acids is 1. The highest BCUT2D eigenvalue weighted by Gasteiger charge is 2.51. The fourth-order valence-corrected chi connectivity index (χ4v) is 5.68. The van der Waals surface area contributed by atoms with Crippen molar-refractivity contribution in [3.63, 3.8) is 0 Å². The number of anilines is 2.